The number of carbonyl (C=O) groups excluding carboxylic acids is 4. The van der Waals surface area contributed by atoms with Crippen molar-refractivity contribution < 1.29 is 38.1 Å². The Labute approximate surface area is 238 Å². The summed E-state index contributed by atoms with van der Waals surface area (Å²) in [6.07, 6.45) is 8.68. The van der Waals surface area contributed by atoms with Crippen molar-refractivity contribution in [2.45, 2.75) is 112 Å². The van der Waals surface area contributed by atoms with Gasteiger partial charge in [-0.25, -0.2) is 4.79 Å². The van der Waals surface area contributed by atoms with Gasteiger partial charge >= 0.3 is 23.9 Å². The molecule has 4 aliphatic rings. The van der Waals surface area contributed by atoms with E-state index in [1.807, 2.05) is 6.08 Å². The van der Waals surface area contributed by atoms with Gasteiger partial charge in [0.25, 0.3) is 0 Å². The number of hydrogen-bond acceptors (Lipinski definition) is 8. The molecule has 40 heavy (non-hydrogen) atoms. The lowest BCUT2D eigenvalue weighted by Crippen LogP contribution is -2.63. The van der Waals surface area contributed by atoms with E-state index in [9.17, 15) is 19.2 Å². The fourth-order valence-corrected chi connectivity index (χ4v) is 9.60. The van der Waals surface area contributed by atoms with Crippen molar-refractivity contribution in [2.75, 3.05) is 6.61 Å². The molecule has 224 valence electrons. The van der Waals surface area contributed by atoms with E-state index in [2.05, 4.69) is 20.8 Å². The zero-order valence-corrected chi connectivity index (χ0v) is 25.3. The molecule has 4 saturated carbocycles. The number of esters is 4. The molecule has 0 aliphatic heterocycles. The first-order valence-corrected chi connectivity index (χ1v) is 15.2. The van der Waals surface area contributed by atoms with Gasteiger partial charge in [-0.15, -0.1) is 0 Å². The van der Waals surface area contributed by atoms with Crippen LogP contribution in [0.25, 0.3) is 0 Å². The van der Waals surface area contributed by atoms with Crippen LogP contribution in [0.15, 0.2) is 12.2 Å². The van der Waals surface area contributed by atoms with Crippen LogP contribution in [-0.4, -0.2) is 48.8 Å². The van der Waals surface area contributed by atoms with Crippen molar-refractivity contribution in [3.05, 3.63) is 12.2 Å². The second-order valence-electron chi connectivity index (χ2n) is 13.2. The molecule has 0 N–H and O–H groups in total. The maximum atomic E-state index is 12.5. The van der Waals surface area contributed by atoms with Crippen LogP contribution in [0.1, 0.15) is 93.4 Å². The fraction of sp³-hybridized carbons (Fsp3) is 0.812. The number of allylic oxidation sites excluding steroid dienone is 1. The van der Waals surface area contributed by atoms with E-state index in [-0.39, 0.29) is 88.5 Å². The van der Waals surface area contributed by atoms with E-state index < -0.39 is 0 Å². The molecule has 4 aliphatic carbocycles. The molecule has 0 amide bonds. The van der Waals surface area contributed by atoms with Crippen molar-refractivity contribution in [3.63, 3.8) is 0 Å². The van der Waals surface area contributed by atoms with Crippen LogP contribution >= 0.6 is 0 Å². The molecule has 11 atom stereocenters. The minimum absolute atomic E-state index is 0.0365. The second kappa shape index (κ2) is 11.8. The number of fused-ring (bicyclic) bond motifs is 5. The average molecular weight is 562 g/mol. The van der Waals surface area contributed by atoms with Crippen molar-refractivity contribution in [2.24, 2.45) is 46.3 Å². The molecule has 0 heterocycles. The van der Waals surface area contributed by atoms with E-state index in [1.54, 1.807) is 6.92 Å². The van der Waals surface area contributed by atoms with Crippen LogP contribution in [-0.2, 0) is 38.1 Å². The predicted octanol–water partition coefficient (Wildman–Crippen LogP) is 5.42. The maximum Gasteiger partial charge on any atom is 0.330 e. The first kappa shape index (κ1) is 30.6. The second-order valence-corrected chi connectivity index (χ2v) is 13.2. The number of hydrogen-bond donors (Lipinski definition) is 0. The molecule has 8 nitrogen and oxygen atoms in total. The highest BCUT2D eigenvalue weighted by molar-refractivity contribution is 5.81. The molecule has 0 aromatic carbocycles. The third-order valence-electron chi connectivity index (χ3n) is 11.2. The number of ether oxygens (including phenoxy) is 4. The smallest absolute Gasteiger partial charge is 0.330 e. The fourth-order valence-electron chi connectivity index (χ4n) is 9.60. The molecule has 0 spiro atoms. The van der Waals surface area contributed by atoms with Gasteiger partial charge < -0.3 is 18.9 Å². The van der Waals surface area contributed by atoms with Gasteiger partial charge in [0.15, 0.2) is 0 Å². The van der Waals surface area contributed by atoms with Crippen molar-refractivity contribution in [1.82, 2.24) is 0 Å². The van der Waals surface area contributed by atoms with Gasteiger partial charge in [-0.05, 0) is 86.9 Å². The zero-order valence-electron chi connectivity index (χ0n) is 25.3. The summed E-state index contributed by atoms with van der Waals surface area (Å²) in [5.74, 6) is -0.0947. The molecule has 4 rings (SSSR count). The van der Waals surface area contributed by atoms with Crippen LogP contribution in [0, 0.1) is 46.3 Å². The lowest BCUT2D eigenvalue weighted by atomic mass is 9.43. The number of rotatable bonds is 7. The highest BCUT2D eigenvalue weighted by Gasteiger charge is 2.67. The standard InChI is InChI=1S/C32H48O8/c1-8-37-29(36)12-9-18(2)24-10-11-25-30-26(17-28(32(24,25)7)40-21(5)35)31(6)14-13-23(38-19(3)33)15-22(31)16-27(30)39-20(4)34/h9,12,18,22-28,30H,8,10-11,13-17H2,1-7H3/b12-9+/t18-,22+,23-,24-,25+,26+,27-,28+,30+,31+,32-/m1/s1/i12+1. The van der Waals surface area contributed by atoms with Gasteiger partial charge in [0.05, 0.1) is 6.61 Å². The van der Waals surface area contributed by atoms with Crippen LogP contribution in [0.3, 0.4) is 0 Å². The van der Waals surface area contributed by atoms with E-state index in [4.69, 9.17) is 18.9 Å². The monoisotopic (exact) mass is 561 g/mol. The summed E-state index contributed by atoms with van der Waals surface area (Å²) in [4.78, 5) is 48.6. The zero-order chi connectivity index (χ0) is 29.4. The lowest BCUT2D eigenvalue weighted by Gasteiger charge is -2.64. The Morgan fingerprint density at radius 3 is 2.17 bits per heavy atom. The molecule has 8 heteroatoms. The van der Waals surface area contributed by atoms with E-state index in [1.165, 1.54) is 26.8 Å². The molecule has 4 fully saturated rings. The van der Waals surface area contributed by atoms with Crippen LogP contribution in [0.4, 0.5) is 0 Å². The molecule has 0 saturated heterocycles. The summed E-state index contributed by atoms with van der Waals surface area (Å²) in [6.45, 7) is 13.3. The first-order chi connectivity index (χ1) is 18.8. The molecule has 0 radical (unpaired) electrons. The molecule has 0 bridgehead atoms. The van der Waals surface area contributed by atoms with Crippen LogP contribution in [0.2, 0.25) is 0 Å². The molecular formula is C32H48O8. The van der Waals surface area contributed by atoms with E-state index >= 15 is 0 Å². The molecule has 0 aromatic rings. The summed E-state index contributed by atoms with van der Waals surface area (Å²) in [6, 6.07) is 0. The van der Waals surface area contributed by atoms with Gasteiger partial charge in [-0.3, -0.25) is 14.4 Å². The molecule has 0 unspecified atom stereocenters. The minimum atomic E-state index is -0.347. The Hall–Kier alpha value is -2.38. The Morgan fingerprint density at radius 1 is 0.875 bits per heavy atom. The third kappa shape index (κ3) is 5.69. The molecule has 0 aromatic heterocycles. The van der Waals surface area contributed by atoms with E-state index in [0.29, 0.717) is 13.0 Å². The highest BCUT2D eigenvalue weighted by Crippen LogP contribution is 2.69. The average Bonchev–Trinajstić information content (AvgIpc) is 3.21. The van der Waals surface area contributed by atoms with Gasteiger partial charge in [-0.1, -0.05) is 26.8 Å². The van der Waals surface area contributed by atoms with Crippen molar-refractivity contribution >= 4 is 23.9 Å². The predicted molar refractivity (Wildman–Crippen MR) is 148 cm³/mol. The van der Waals surface area contributed by atoms with Gasteiger partial charge in [0.1, 0.15) is 18.3 Å². The third-order valence-corrected chi connectivity index (χ3v) is 11.2. The number of carbonyl (C=O) groups is 4. The summed E-state index contributed by atoms with van der Waals surface area (Å²) in [7, 11) is 0. The van der Waals surface area contributed by atoms with Crippen molar-refractivity contribution in [3.8, 4) is 0 Å². The Bertz CT molecular complexity index is 1020. The van der Waals surface area contributed by atoms with Gasteiger partial charge in [-0.2, -0.15) is 0 Å². The summed E-state index contributed by atoms with van der Waals surface area (Å²) in [5.41, 5.74) is -0.368. The minimum Gasteiger partial charge on any atom is -0.463 e. The quantitative estimate of drug-likeness (QED) is 0.176. The Balaban J connectivity index is 1.71. The summed E-state index contributed by atoms with van der Waals surface area (Å²) < 4.78 is 23.0. The normalized spacial score (nSPS) is 41.2. The highest BCUT2D eigenvalue weighted by atomic mass is 16.6. The Morgan fingerprint density at radius 2 is 1.55 bits per heavy atom. The first-order valence-electron chi connectivity index (χ1n) is 15.2. The maximum absolute atomic E-state index is 12.5. The van der Waals surface area contributed by atoms with Crippen LogP contribution in [0.5, 0.6) is 0 Å². The summed E-state index contributed by atoms with van der Waals surface area (Å²) >= 11 is 0. The topological polar surface area (TPSA) is 105 Å². The van der Waals surface area contributed by atoms with Crippen LogP contribution < -0.4 is 0 Å². The largest absolute Gasteiger partial charge is 0.463 e. The molecular weight excluding hydrogens is 513 g/mol. The van der Waals surface area contributed by atoms with Gasteiger partial charge in [0.2, 0.25) is 0 Å². The van der Waals surface area contributed by atoms with Gasteiger partial charge in [0, 0.05) is 38.2 Å². The lowest BCUT2D eigenvalue weighted by molar-refractivity contribution is -0.223. The Kier molecular flexibility index (Phi) is 9.06. The summed E-state index contributed by atoms with van der Waals surface area (Å²) in [5, 5.41) is 0. The van der Waals surface area contributed by atoms with Crippen molar-refractivity contribution in [1.29, 1.82) is 0 Å². The SMILES string of the molecule is CCOC(=O)/[13CH]=C/[C@@H](C)[C@H]1CC[C@H]2[C@@H]3[C@H](OC(C)=O)C[C@@H]4C[C@H](OC(C)=O)CC[C@]4(C)[C@H]3C[C@H](OC(C)=O)[C@]12C. The van der Waals surface area contributed by atoms with E-state index in [0.717, 1.165) is 38.5 Å².